The van der Waals surface area contributed by atoms with Gasteiger partial charge in [0.15, 0.2) is 5.82 Å². The standard InChI is InChI=1S/C12H18N6OS/c1-3-18(11-6-4-8-13-10-11)20(19)9-5-7-12-14-15-16-17(12)2/h4,6,8,10H,3,5,7,9H2,1-2H3. The third-order valence-electron chi connectivity index (χ3n) is 2.89. The number of nitrogens with zero attached hydrogens (tertiary/aromatic N) is 6. The van der Waals surface area contributed by atoms with Gasteiger partial charge in [-0.25, -0.2) is 8.89 Å². The molecule has 1 atom stereocenters. The van der Waals surface area contributed by atoms with Gasteiger partial charge < -0.3 is 0 Å². The molecule has 2 aromatic heterocycles. The SMILES string of the molecule is CCN(c1cccnc1)S(=O)CCCc1nnnn1C. The molecule has 0 spiro atoms. The zero-order chi connectivity index (χ0) is 14.4. The number of hydrogen-bond donors (Lipinski definition) is 0. The average Bonchev–Trinajstić information content (AvgIpc) is 2.86. The van der Waals surface area contributed by atoms with E-state index in [2.05, 4.69) is 20.5 Å². The molecule has 0 amide bonds. The van der Waals surface area contributed by atoms with Gasteiger partial charge in [0.1, 0.15) is 11.0 Å². The van der Waals surface area contributed by atoms with E-state index in [1.165, 1.54) is 0 Å². The first-order chi connectivity index (χ1) is 9.72. The average molecular weight is 294 g/mol. The zero-order valence-electron chi connectivity index (χ0n) is 11.6. The maximum atomic E-state index is 12.3. The van der Waals surface area contributed by atoms with Crippen molar-refractivity contribution in [2.24, 2.45) is 7.05 Å². The van der Waals surface area contributed by atoms with Crippen molar-refractivity contribution in [3.8, 4) is 0 Å². The Balaban J connectivity index is 1.89. The summed E-state index contributed by atoms with van der Waals surface area (Å²) in [6.07, 6.45) is 4.94. The van der Waals surface area contributed by atoms with Crippen LogP contribution in [-0.2, 0) is 24.5 Å². The Labute approximate surface area is 120 Å². The van der Waals surface area contributed by atoms with Crippen LogP contribution in [0.4, 0.5) is 5.69 Å². The van der Waals surface area contributed by atoms with Gasteiger partial charge in [0.2, 0.25) is 0 Å². The van der Waals surface area contributed by atoms with Crippen molar-refractivity contribution in [3.63, 3.8) is 0 Å². The largest absolute Gasteiger partial charge is 0.291 e. The first kappa shape index (κ1) is 14.6. The number of aryl methyl sites for hydroxylation is 2. The van der Waals surface area contributed by atoms with E-state index in [1.807, 2.05) is 23.4 Å². The fourth-order valence-electron chi connectivity index (χ4n) is 1.87. The minimum atomic E-state index is -1.06. The highest BCUT2D eigenvalue weighted by Crippen LogP contribution is 2.14. The molecule has 2 heterocycles. The van der Waals surface area contributed by atoms with Crippen LogP contribution in [0.3, 0.4) is 0 Å². The third kappa shape index (κ3) is 3.60. The van der Waals surface area contributed by atoms with Crippen molar-refractivity contribution in [3.05, 3.63) is 30.4 Å². The Morgan fingerprint density at radius 3 is 2.90 bits per heavy atom. The smallest absolute Gasteiger partial charge is 0.150 e. The summed E-state index contributed by atoms with van der Waals surface area (Å²) in [5.41, 5.74) is 0.883. The first-order valence-electron chi connectivity index (χ1n) is 6.49. The van der Waals surface area contributed by atoms with Gasteiger partial charge in [-0.15, -0.1) is 5.10 Å². The molecule has 2 aromatic rings. The molecule has 0 aromatic carbocycles. The van der Waals surface area contributed by atoms with Crippen LogP contribution in [0.15, 0.2) is 24.5 Å². The summed E-state index contributed by atoms with van der Waals surface area (Å²) in [6, 6.07) is 3.77. The molecule has 0 saturated carbocycles. The predicted octanol–water partition coefficient (Wildman–Crippen LogP) is 0.728. The summed E-state index contributed by atoms with van der Waals surface area (Å²) in [5.74, 6) is 1.39. The molecule has 0 fully saturated rings. The summed E-state index contributed by atoms with van der Waals surface area (Å²) >= 11 is 0. The molecular formula is C12H18N6OS. The molecule has 0 radical (unpaired) electrons. The molecule has 0 bridgehead atoms. The second-order valence-electron chi connectivity index (χ2n) is 4.25. The maximum absolute atomic E-state index is 12.3. The molecule has 0 saturated heterocycles. The normalized spacial score (nSPS) is 12.3. The van der Waals surface area contributed by atoms with Crippen LogP contribution in [0, 0.1) is 0 Å². The van der Waals surface area contributed by atoms with E-state index in [-0.39, 0.29) is 0 Å². The Bertz CT molecular complexity index is 558. The lowest BCUT2D eigenvalue weighted by molar-refractivity contribution is 0.660. The highest BCUT2D eigenvalue weighted by Gasteiger charge is 2.12. The molecule has 1 unspecified atom stereocenters. The van der Waals surface area contributed by atoms with E-state index >= 15 is 0 Å². The van der Waals surface area contributed by atoms with Crippen molar-refractivity contribution in [2.45, 2.75) is 19.8 Å². The molecule has 8 heteroatoms. The van der Waals surface area contributed by atoms with Crippen molar-refractivity contribution in [1.29, 1.82) is 0 Å². The van der Waals surface area contributed by atoms with Crippen LogP contribution in [-0.4, -0.2) is 41.7 Å². The summed E-state index contributed by atoms with van der Waals surface area (Å²) in [4.78, 5) is 4.06. The van der Waals surface area contributed by atoms with Gasteiger partial charge in [-0.3, -0.25) is 9.29 Å². The van der Waals surface area contributed by atoms with Crippen LogP contribution < -0.4 is 4.31 Å². The quantitative estimate of drug-likeness (QED) is 0.752. The highest BCUT2D eigenvalue weighted by atomic mass is 32.2. The molecule has 7 nitrogen and oxygen atoms in total. The van der Waals surface area contributed by atoms with Crippen LogP contribution in [0.5, 0.6) is 0 Å². The Morgan fingerprint density at radius 2 is 2.30 bits per heavy atom. The van der Waals surface area contributed by atoms with Crippen molar-refractivity contribution < 1.29 is 4.21 Å². The summed E-state index contributed by atoms with van der Waals surface area (Å²) in [5, 5.41) is 11.3. The lowest BCUT2D eigenvalue weighted by Crippen LogP contribution is -2.27. The Morgan fingerprint density at radius 1 is 1.45 bits per heavy atom. The monoisotopic (exact) mass is 294 g/mol. The predicted molar refractivity (Wildman–Crippen MR) is 77.4 cm³/mol. The number of pyridine rings is 1. The van der Waals surface area contributed by atoms with Gasteiger partial charge in [-0.05, 0) is 35.9 Å². The summed E-state index contributed by atoms with van der Waals surface area (Å²) in [7, 11) is 0.744. The topological polar surface area (TPSA) is 76.8 Å². The number of aromatic nitrogens is 5. The summed E-state index contributed by atoms with van der Waals surface area (Å²) in [6.45, 7) is 2.67. The van der Waals surface area contributed by atoms with Gasteiger partial charge in [-0.1, -0.05) is 0 Å². The molecule has 0 aliphatic carbocycles. The van der Waals surface area contributed by atoms with Gasteiger partial charge >= 0.3 is 0 Å². The summed E-state index contributed by atoms with van der Waals surface area (Å²) < 4.78 is 15.8. The molecule has 2 rings (SSSR count). The molecule has 20 heavy (non-hydrogen) atoms. The molecule has 0 N–H and O–H groups in total. The minimum Gasteiger partial charge on any atom is -0.291 e. The lowest BCUT2D eigenvalue weighted by atomic mass is 10.3. The maximum Gasteiger partial charge on any atom is 0.150 e. The molecule has 0 aliphatic rings. The van der Waals surface area contributed by atoms with E-state index in [4.69, 9.17) is 0 Å². The third-order valence-corrected chi connectivity index (χ3v) is 4.49. The fourth-order valence-corrected chi connectivity index (χ4v) is 3.11. The van der Waals surface area contributed by atoms with Gasteiger partial charge in [0, 0.05) is 32.0 Å². The van der Waals surface area contributed by atoms with Crippen molar-refractivity contribution in [2.75, 3.05) is 16.6 Å². The van der Waals surface area contributed by atoms with E-state index in [0.29, 0.717) is 12.3 Å². The second-order valence-corrected chi connectivity index (χ2v) is 5.75. The van der Waals surface area contributed by atoms with Crippen molar-refractivity contribution in [1.82, 2.24) is 25.2 Å². The van der Waals surface area contributed by atoms with Crippen LogP contribution in [0.2, 0.25) is 0 Å². The number of hydrogen-bond acceptors (Lipinski definition) is 5. The number of rotatable bonds is 7. The Kier molecular flexibility index (Phi) is 5.16. The number of tetrazole rings is 1. The minimum absolute atomic E-state index is 0.579. The number of anilines is 1. The van der Waals surface area contributed by atoms with Crippen LogP contribution >= 0.6 is 0 Å². The fraction of sp³-hybridized carbons (Fsp3) is 0.500. The van der Waals surface area contributed by atoms with E-state index in [9.17, 15) is 4.21 Å². The first-order valence-corrected chi connectivity index (χ1v) is 7.77. The van der Waals surface area contributed by atoms with Gasteiger partial charge in [-0.2, -0.15) is 0 Å². The Hall–Kier alpha value is -1.83. The van der Waals surface area contributed by atoms with Gasteiger partial charge in [0.25, 0.3) is 0 Å². The van der Waals surface area contributed by atoms with E-state index in [0.717, 1.165) is 24.4 Å². The zero-order valence-corrected chi connectivity index (χ0v) is 12.5. The van der Waals surface area contributed by atoms with E-state index < -0.39 is 11.0 Å². The second kappa shape index (κ2) is 7.09. The highest BCUT2D eigenvalue weighted by molar-refractivity contribution is 7.86. The lowest BCUT2D eigenvalue weighted by Gasteiger charge is -2.21. The van der Waals surface area contributed by atoms with Gasteiger partial charge in [0.05, 0.1) is 11.9 Å². The molecule has 0 aliphatic heterocycles. The van der Waals surface area contributed by atoms with Crippen LogP contribution in [0.25, 0.3) is 0 Å². The van der Waals surface area contributed by atoms with E-state index in [1.54, 1.807) is 24.1 Å². The van der Waals surface area contributed by atoms with Crippen molar-refractivity contribution >= 4 is 16.7 Å². The molecular weight excluding hydrogens is 276 g/mol. The van der Waals surface area contributed by atoms with Crippen LogP contribution in [0.1, 0.15) is 19.2 Å². The molecule has 108 valence electrons.